The molecule has 0 aromatic carbocycles. The number of carbonyl (C=O) groups excluding carboxylic acids is 1. The lowest BCUT2D eigenvalue weighted by atomic mass is 10.1. The summed E-state index contributed by atoms with van der Waals surface area (Å²) in [7, 11) is 0. The third kappa shape index (κ3) is 3.76. The van der Waals surface area contributed by atoms with E-state index in [-0.39, 0.29) is 36.8 Å². The Kier molecular flexibility index (Phi) is 4.94. The summed E-state index contributed by atoms with van der Waals surface area (Å²) >= 11 is 0. The number of nitrogens with zero attached hydrogens (tertiary/aromatic N) is 3. The first-order chi connectivity index (χ1) is 11.9. The second kappa shape index (κ2) is 7.00. The van der Waals surface area contributed by atoms with Crippen LogP contribution in [0.3, 0.4) is 0 Å². The number of fused-ring (bicyclic) bond motifs is 1. The Hall–Kier alpha value is -2.15. The van der Waals surface area contributed by atoms with Crippen molar-refractivity contribution in [3.05, 3.63) is 34.0 Å². The van der Waals surface area contributed by atoms with E-state index in [4.69, 9.17) is 9.47 Å². The lowest BCUT2D eigenvalue weighted by molar-refractivity contribution is -0.144. The normalized spacial score (nSPS) is 15.7. The molecular formula is C18H25N3O4. The fourth-order valence-electron chi connectivity index (χ4n) is 2.77. The Bertz CT molecular complexity index is 833. The van der Waals surface area contributed by atoms with Crippen LogP contribution in [0.1, 0.15) is 63.9 Å². The Labute approximate surface area is 146 Å². The highest BCUT2D eigenvalue weighted by Gasteiger charge is 2.28. The van der Waals surface area contributed by atoms with E-state index < -0.39 is 5.97 Å². The van der Waals surface area contributed by atoms with Crippen molar-refractivity contribution in [2.24, 2.45) is 0 Å². The van der Waals surface area contributed by atoms with E-state index in [1.165, 1.54) is 4.68 Å². The highest BCUT2D eigenvalue weighted by molar-refractivity contribution is 5.69. The van der Waals surface area contributed by atoms with Gasteiger partial charge in [-0.3, -0.25) is 14.0 Å². The largest absolute Gasteiger partial charge is 0.465 e. The van der Waals surface area contributed by atoms with Crippen LogP contribution in [-0.4, -0.2) is 32.9 Å². The summed E-state index contributed by atoms with van der Waals surface area (Å²) in [6.07, 6.45) is 4.04. The van der Waals surface area contributed by atoms with Gasteiger partial charge >= 0.3 is 5.97 Å². The zero-order chi connectivity index (χ0) is 18.1. The van der Waals surface area contributed by atoms with Gasteiger partial charge in [0.05, 0.1) is 12.7 Å². The summed E-state index contributed by atoms with van der Waals surface area (Å²) in [6.45, 7) is 7.87. The molecule has 2 aromatic rings. The molecule has 2 heterocycles. The van der Waals surface area contributed by atoms with Crippen molar-refractivity contribution in [1.82, 2.24) is 14.2 Å². The van der Waals surface area contributed by atoms with Crippen LogP contribution in [0, 0.1) is 0 Å². The monoisotopic (exact) mass is 347 g/mol. The van der Waals surface area contributed by atoms with Crippen molar-refractivity contribution >= 4 is 11.5 Å². The number of esters is 1. The fourth-order valence-corrected chi connectivity index (χ4v) is 2.77. The lowest BCUT2D eigenvalue weighted by Gasteiger charge is -2.16. The van der Waals surface area contributed by atoms with Crippen LogP contribution in [0.2, 0.25) is 0 Å². The van der Waals surface area contributed by atoms with Crippen LogP contribution in [0.5, 0.6) is 0 Å². The molecule has 0 amide bonds. The molecule has 136 valence electrons. The van der Waals surface area contributed by atoms with Gasteiger partial charge in [-0.05, 0) is 44.2 Å². The topological polar surface area (TPSA) is 74.8 Å². The fraction of sp³-hybridized carbons (Fsp3) is 0.611. The maximum absolute atomic E-state index is 12.7. The van der Waals surface area contributed by atoms with E-state index >= 15 is 0 Å². The maximum Gasteiger partial charge on any atom is 0.327 e. The minimum atomic E-state index is -0.473. The summed E-state index contributed by atoms with van der Waals surface area (Å²) < 4.78 is 13.9. The van der Waals surface area contributed by atoms with Crippen molar-refractivity contribution < 1.29 is 14.3 Å². The predicted molar refractivity (Wildman–Crippen MR) is 92.7 cm³/mol. The SMILES string of the molecule is CCOC(=O)Cn1nc(C(C)OC2CC2)n2cc(C(C)C)cc2c1=O. The Balaban J connectivity index is 2.08. The zero-order valence-electron chi connectivity index (χ0n) is 15.2. The minimum absolute atomic E-state index is 0.200. The van der Waals surface area contributed by atoms with Crippen molar-refractivity contribution in [3.8, 4) is 0 Å². The van der Waals surface area contributed by atoms with Gasteiger partial charge in [-0.15, -0.1) is 0 Å². The molecule has 1 unspecified atom stereocenters. The lowest BCUT2D eigenvalue weighted by Crippen LogP contribution is -2.31. The molecule has 2 aromatic heterocycles. The highest BCUT2D eigenvalue weighted by atomic mass is 16.5. The number of rotatable bonds is 7. The molecule has 0 aliphatic heterocycles. The summed E-state index contributed by atoms with van der Waals surface area (Å²) in [4.78, 5) is 24.6. The van der Waals surface area contributed by atoms with Crippen molar-refractivity contribution in [2.45, 2.75) is 65.2 Å². The van der Waals surface area contributed by atoms with Gasteiger partial charge < -0.3 is 9.47 Å². The molecule has 0 N–H and O–H groups in total. The van der Waals surface area contributed by atoms with E-state index in [1.807, 2.05) is 19.2 Å². The zero-order valence-corrected chi connectivity index (χ0v) is 15.2. The average Bonchev–Trinajstić information content (AvgIpc) is 3.24. The average molecular weight is 347 g/mol. The number of hydrogen-bond acceptors (Lipinski definition) is 5. The molecule has 0 radical (unpaired) electrons. The quantitative estimate of drug-likeness (QED) is 0.719. The van der Waals surface area contributed by atoms with Gasteiger partial charge in [0.2, 0.25) is 0 Å². The van der Waals surface area contributed by atoms with Crippen LogP contribution in [0.15, 0.2) is 17.1 Å². The van der Waals surface area contributed by atoms with Crippen LogP contribution in [0.25, 0.3) is 5.52 Å². The van der Waals surface area contributed by atoms with E-state index in [1.54, 1.807) is 11.3 Å². The third-order valence-corrected chi connectivity index (χ3v) is 4.30. The summed E-state index contributed by atoms with van der Waals surface area (Å²) in [5.74, 6) is 0.432. The first-order valence-electron chi connectivity index (χ1n) is 8.84. The van der Waals surface area contributed by atoms with Gasteiger partial charge in [0, 0.05) is 6.20 Å². The first kappa shape index (κ1) is 17.7. The number of aromatic nitrogens is 3. The standard InChI is InChI=1S/C18H25N3O4/c1-5-24-16(22)10-21-18(23)15-8-13(11(2)3)9-20(15)17(19-21)12(4)25-14-6-7-14/h8-9,11-12,14H,5-7,10H2,1-4H3. The molecule has 0 spiro atoms. The van der Waals surface area contributed by atoms with Gasteiger partial charge in [-0.1, -0.05) is 13.8 Å². The molecule has 25 heavy (non-hydrogen) atoms. The summed E-state index contributed by atoms with van der Waals surface area (Å²) in [5.41, 5.74) is 1.25. The van der Waals surface area contributed by atoms with E-state index in [2.05, 4.69) is 18.9 Å². The van der Waals surface area contributed by atoms with Gasteiger partial charge in [0.1, 0.15) is 18.2 Å². The van der Waals surface area contributed by atoms with Crippen molar-refractivity contribution in [3.63, 3.8) is 0 Å². The predicted octanol–water partition coefficient (Wildman–Crippen LogP) is 2.42. The molecule has 0 saturated heterocycles. The molecule has 1 aliphatic carbocycles. The minimum Gasteiger partial charge on any atom is -0.465 e. The maximum atomic E-state index is 12.7. The van der Waals surface area contributed by atoms with E-state index in [0.29, 0.717) is 11.3 Å². The third-order valence-electron chi connectivity index (χ3n) is 4.30. The molecule has 7 heteroatoms. The van der Waals surface area contributed by atoms with Gasteiger partial charge in [0.15, 0.2) is 5.82 Å². The molecule has 3 rings (SSSR count). The van der Waals surface area contributed by atoms with Crippen LogP contribution < -0.4 is 5.56 Å². The molecule has 1 saturated carbocycles. The van der Waals surface area contributed by atoms with Gasteiger partial charge in [-0.2, -0.15) is 5.10 Å². The first-order valence-corrected chi connectivity index (χ1v) is 8.84. The van der Waals surface area contributed by atoms with Crippen LogP contribution in [-0.2, 0) is 20.8 Å². The Morgan fingerprint density at radius 2 is 2.08 bits per heavy atom. The smallest absolute Gasteiger partial charge is 0.327 e. The molecule has 1 aliphatic rings. The van der Waals surface area contributed by atoms with E-state index in [9.17, 15) is 9.59 Å². The Morgan fingerprint density at radius 3 is 2.68 bits per heavy atom. The van der Waals surface area contributed by atoms with Crippen LogP contribution in [0.4, 0.5) is 0 Å². The van der Waals surface area contributed by atoms with Crippen molar-refractivity contribution in [1.29, 1.82) is 0 Å². The number of ether oxygens (including phenoxy) is 2. The molecule has 0 bridgehead atoms. The van der Waals surface area contributed by atoms with Gasteiger partial charge in [0.25, 0.3) is 5.56 Å². The Morgan fingerprint density at radius 1 is 1.36 bits per heavy atom. The number of hydrogen-bond donors (Lipinski definition) is 0. The highest BCUT2D eigenvalue weighted by Crippen LogP contribution is 2.30. The van der Waals surface area contributed by atoms with E-state index in [0.717, 1.165) is 18.4 Å². The molecule has 1 atom stereocenters. The summed E-state index contributed by atoms with van der Waals surface area (Å²) in [5, 5.41) is 4.42. The molecular weight excluding hydrogens is 322 g/mol. The van der Waals surface area contributed by atoms with Gasteiger partial charge in [-0.25, -0.2) is 4.68 Å². The molecule has 7 nitrogen and oxygen atoms in total. The molecule has 1 fully saturated rings. The summed E-state index contributed by atoms with van der Waals surface area (Å²) in [6, 6.07) is 1.86. The second-order valence-corrected chi connectivity index (χ2v) is 6.79. The van der Waals surface area contributed by atoms with Crippen LogP contribution >= 0.6 is 0 Å². The second-order valence-electron chi connectivity index (χ2n) is 6.79. The van der Waals surface area contributed by atoms with Crippen molar-refractivity contribution in [2.75, 3.05) is 6.61 Å². The number of carbonyl (C=O) groups is 1.